The fraction of sp³-hybridized carbons (Fsp3) is 0.375. The van der Waals surface area contributed by atoms with Crippen LogP contribution in [0.15, 0.2) is 41.3 Å². The molecule has 3 rings (SSSR count). The van der Waals surface area contributed by atoms with Gasteiger partial charge >= 0.3 is 4.87 Å². The van der Waals surface area contributed by atoms with Crippen LogP contribution in [-0.4, -0.2) is 16.5 Å². The average Bonchev–Trinajstić information content (AvgIpc) is 3.11. The molecule has 1 fully saturated rings. The molecule has 21 heavy (non-hydrogen) atoms. The maximum atomic E-state index is 12.0. The van der Waals surface area contributed by atoms with E-state index in [-0.39, 0.29) is 17.3 Å². The van der Waals surface area contributed by atoms with E-state index in [1.807, 2.05) is 30.3 Å². The average molecular weight is 302 g/mol. The van der Waals surface area contributed by atoms with Gasteiger partial charge in [0.25, 0.3) is 0 Å². The van der Waals surface area contributed by atoms with Gasteiger partial charge in [0.05, 0.1) is 4.88 Å². The van der Waals surface area contributed by atoms with E-state index >= 15 is 0 Å². The number of aromatic nitrogens is 1. The van der Waals surface area contributed by atoms with Crippen molar-refractivity contribution in [1.29, 1.82) is 0 Å². The van der Waals surface area contributed by atoms with Crippen LogP contribution in [-0.2, 0) is 11.3 Å². The predicted octanol–water partition coefficient (Wildman–Crippen LogP) is 2.64. The van der Waals surface area contributed by atoms with Crippen LogP contribution >= 0.6 is 11.3 Å². The first-order chi connectivity index (χ1) is 10.2. The van der Waals surface area contributed by atoms with Gasteiger partial charge in [0, 0.05) is 12.2 Å². The Morgan fingerprint density at radius 2 is 1.95 bits per heavy atom. The topological polar surface area (TPSA) is 51.1 Å². The molecule has 4 nitrogen and oxygen atoms in total. The summed E-state index contributed by atoms with van der Waals surface area (Å²) in [6.07, 6.45) is 6.25. The zero-order chi connectivity index (χ0) is 14.7. The lowest BCUT2D eigenvalue weighted by Gasteiger charge is -2.11. The van der Waals surface area contributed by atoms with E-state index in [2.05, 4.69) is 5.32 Å². The molecule has 0 unspecified atom stereocenters. The van der Waals surface area contributed by atoms with Gasteiger partial charge in [-0.25, -0.2) is 0 Å². The summed E-state index contributed by atoms with van der Waals surface area (Å²) in [5.74, 6) is -0.0681. The SMILES string of the molecule is O=C(Cn1cc(-c2ccccc2)sc1=O)NC1CCCC1. The lowest BCUT2D eigenvalue weighted by atomic mass is 10.2. The van der Waals surface area contributed by atoms with Crippen molar-refractivity contribution in [2.45, 2.75) is 38.3 Å². The maximum absolute atomic E-state index is 12.0. The quantitative estimate of drug-likeness (QED) is 0.944. The number of benzene rings is 1. The van der Waals surface area contributed by atoms with Gasteiger partial charge in [-0.15, -0.1) is 0 Å². The second kappa shape index (κ2) is 6.26. The molecule has 1 aromatic carbocycles. The second-order valence-electron chi connectivity index (χ2n) is 5.40. The van der Waals surface area contributed by atoms with Crippen LogP contribution in [0.25, 0.3) is 10.4 Å². The van der Waals surface area contributed by atoms with Crippen LogP contribution in [0.4, 0.5) is 0 Å². The summed E-state index contributed by atoms with van der Waals surface area (Å²) in [6.45, 7) is 0.110. The molecule has 0 saturated heterocycles. The molecule has 1 amide bonds. The summed E-state index contributed by atoms with van der Waals surface area (Å²) in [4.78, 5) is 24.8. The molecule has 5 heteroatoms. The first-order valence-electron chi connectivity index (χ1n) is 7.27. The lowest BCUT2D eigenvalue weighted by Crippen LogP contribution is -2.36. The number of hydrogen-bond acceptors (Lipinski definition) is 3. The van der Waals surface area contributed by atoms with Crippen molar-refractivity contribution in [3.05, 3.63) is 46.2 Å². The number of nitrogens with one attached hydrogen (secondary N) is 1. The highest BCUT2D eigenvalue weighted by Crippen LogP contribution is 2.21. The monoisotopic (exact) mass is 302 g/mol. The number of amides is 1. The molecule has 1 aliphatic rings. The fourth-order valence-corrected chi connectivity index (χ4v) is 3.57. The summed E-state index contributed by atoms with van der Waals surface area (Å²) in [5, 5.41) is 3.01. The van der Waals surface area contributed by atoms with Crippen molar-refractivity contribution in [2.24, 2.45) is 0 Å². The van der Waals surface area contributed by atoms with E-state index in [0.29, 0.717) is 6.04 Å². The third-order valence-electron chi connectivity index (χ3n) is 3.80. The lowest BCUT2D eigenvalue weighted by molar-refractivity contribution is -0.122. The maximum Gasteiger partial charge on any atom is 0.308 e. The van der Waals surface area contributed by atoms with Gasteiger partial charge in [-0.3, -0.25) is 14.2 Å². The Bertz CT molecular complexity index is 669. The number of nitrogens with zero attached hydrogens (tertiary/aromatic N) is 1. The Morgan fingerprint density at radius 1 is 1.24 bits per heavy atom. The molecular formula is C16H18N2O2S. The van der Waals surface area contributed by atoms with Crippen LogP contribution in [0.5, 0.6) is 0 Å². The number of rotatable bonds is 4. The number of carbonyl (C=O) groups excluding carboxylic acids is 1. The van der Waals surface area contributed by atoms with Crippen LogP contribution in [0.2, 0.25) is 0 Å². The highest BCUT2D eigenvalue weighted by atomic mass is 32.1. The molecule has 110 valence electrons. The van der Waals surface area contributed by atoms with E-state index in [1.165, 1.54) is 28.7 Å². The van der Waals surface area contributed by atoms with E-state index < -0.39 is 0 Å². The first-order valence-corrected chi connectivity index (χ1v) is 8.09. The van der Waals surface area contributed by atoms with Crippen molar-refractivity contribution in [2.75, 3.05) is 0 Å². The van der Waals surface area contributed by atoms with Crippen molar-refractivity contribution in [1.82, 2.24) is 9.88 Å². The second-order valence-corrected chi connectivity index (χ2v) is 6.40. The molecule has 0 spiro atoms. The van der Waals surface area contributed by atoms with Crippen molar-refractivity contribution in [3.8, 4) is 10.4 Å². The van der Waals surface area contributed by atoms with E-state index in [9.17, 15) is 9.59 Å². The van der Waals surface area contributed by atoms with Gasteiger partial charge in [-0.2, -0.15) is 0 Å². The molecule has 0 aliphatic heterocycles. The van der Waals surface area contributed by atoms with Crippen molar-refractivity contribution < 1.29 is 4.79 Å². The highest BCUT2D eigenvalue weighted by Gasteiger charge is 2.18. The number of carbonyl (C=O) groups is 1. The van der Waals surface area contributed by atoms with E-state index in [4.69, 9.17) is 0 Å². The highest BCUT2D eigenvalue weighted by molar-refractivity contribution is 7.12. The minimum atomic E-state index is -0.0876. The largest absolute Gasteiger partial charge is 0.352 e. The van der Waals surface area contributed by atoms with Crippen LogP contribution in [0.3, 0.4) is 0 Å². The smallest absolute Gasteiger partial charge is 0.308 e. The van der Waals surface area contributed by atoms with Gasteiger partial charge in [-0.05, 0) is 18.4 Å². The first kappa shape index (κ1) is 14.1. The Balaban J connectivity index is 1.70. The molecule has 1 N–H and O–H groups in total. The predicted molar refractivity (Wildman–Crippen MR) is 84.4 cm³/mol. The standard InChI is InChI=1S/C16H18N2O2S/c19-15(17-13-8-4-5-9-13)11-18-10-14(21-16(18)20)12-6-2-1-3-7-12/h1-3,6-7,10,13H,4-5,8-9,11H2,(H,17,19). The Kier molecular flexibility index (Phi) is 4.20. The van der Waals surface area contributed by atoms with Gasteiger partial charge in [0.15, 0.2) is 0 Å². The van der Waals surface area contributed by atoms with Crippen LogP contribution in [0.1, 0.15) is 25.7 Å². The molecule has 0 radical (unpaired) electrons. The third-order valence-corrected chi connectivity index (χ3v) is 4.77. The van der Waals surface area contributed by atoms with Gasteiger partial charge < -0.3 is 5.32 Å². The number of hydrogen-bond donors (Lipinski definition) is 1. The fourth-order valence-electron chi connectivity index (χ4n) is 2.72. The van der Waals surface area contributed by atoms with Gasteiger partial charge in [-0.1, -0.05) is 54.5 Å². The summed E-state index contributed by atoms with van der Waals surface area (Å²) >= 11 is 1.18. The van der Waals surface area contributed by atoms with Crippen molar-refractivity contribution >= 4 is 17.2 Å². The summed E-state index contributed by atoms with van der Waals surface area (Å²) in [5.41, 5.74) is 1.01. The third kappa shape index (κ3) is 3.42. The molecule has 1 aliphatic carbocycles. The van der Waals surface area contributed by atoms with Gasteiger partial charge in [0.1, 0.15) is 6.54 Å². The normalized spacial score (nSPS) is 15.2. The summed E-state index contributed by atoms with van der Waals surface area (Å²) in [6, 6.07) is 10.1. The van der Waals surface area contributed by atoms with Crippen LogP contribution < -0.4 is 10.2 Å². The Labute approximate surface area is 127 Å². The Morgan fingerprint density at radius 3 is 2.67 bits per heavy atom. The molecule has 2 aromatic rings. The van der Waals surface area contributed by atoms with Crippen molar-refractivity contribution in [3.63, 3.8) is 0 Å². The minimum absolute atomic E-state index is 0.0681. The molecule has 1 heterocycles. The van der Waals surface area contributed by atoms with E-state index in [1.54, 1.807) is 6.20 Å². The molecule has 1 aromatic heterocycles. The molecular weight excluding hydrogens is 284 g/mol. The van der Waals surface area contributed by atoms with E-state index in [0.717, 1.165) is 23.3 Å². The van der Waals surface area contributed by atoms with Crippen LogP contribution in [0, 0.1) is 0 Å². The molecule has 0 atom stereocenters. The molecule has 0 bridgehead atoms. The minimum Gasteiger partial charge on any atom is -0.352 e. The number of thiazole rings is 1. The zero-order valence-corrected chi connectivity index (χ0v) is 12.6. The zero-order valence-electron chi connectivity index (χ0n) is 11.7. The van der Waals surface area contributed by atoms with Gasteiger partial charge in [0.2, 0.25) is 5.91 Å². The summed E-state index contributed by atoms with van der Waals surface area (Å²) < 4.78 is 1.50. The molecule has 1 saturated carbocycles. The summed E-state index contributed by atoms with van der Waals surface area (Å²) in [7, 11) is 0. The Hall–Kier alpha value is -1.88.